The van der Waals surface area contributed by atoms with Crippen LogP contribution in [0.2, 0.25) is 0 Å². The lowest BCUT2D eigenvalue weighted by atomic mass is 10.1. The summed E-state index contributed by atoms with van der Waals surface area (Å²) in [5.41, 5.74) is 1.45. The van der Waals surface area contributed by atoms with Gasteiger partial charge >= 0.3 is 0 Å². The second kappa shape index (κ2) is 9.82. The van der Waals surface area contributed by atoms with E-state index in [-0.39, 0.29) is 18.2 Å². The Labute approximate surface area is 148 Å². The smallest absolute Gasteiger partial charge is 0.170 e. The summed E-state index contributed by atoms with van der Waals surface area (Å²) in [4.78, 5) is 20.1. The van der Waals surface area contributed by atoms with E-state index in [0.29, 0.717) is 12.0 Å². The number of benzene rings is 1. The quantitative estimate of drug-likeness (QED) is 0.355. The Hall–Kier alpha value is -1.11. The fourth-order valence-electron chi connectivity index (χ4n) is 1.45. The average Bonchev–Trinajstić information content (AvgIpc) is 2.45. The summed E-state index contributed by atoms with van der Waals surface area (Å²) < 4.78 is 0.739. The molecule has 4 nitrogen and oxygen atoms in total. The number of rotatable bonds is 3. The van der Waals surface area contributed by atoms with Crippen LogP contribution in [-0.2, 0) is 0 Å². The third-order valence-corrected chi connectivity index (χ3v) is 4.43. The number of Topliss-reactive ketones (excluding diaryl/α,β-unsaturated/α-hetero) is 1. The molecule has 0 aliphatic carbocycles. The molecule has 0 radical (unpaired) electrons. The number of aliphatic imine (C=N–C) groups is 1. The van der Waals surface area contributed by atoms with E-state index in [0.717, 1.165) is 15.2 Å². The first-order valence-corrected chi connectivity index (χ1v) is 7.86. The molecule has 0 bridgehead atoms. The highest BCUT2D eigenvalue weighted by molar-refractivity contribution is 8.32. The zero-order valence-electron chi connectivity index (χ0n) is 13.5. The predicted octanol–water partition coefficient (Wildman–Crippen LogP) is 3.83. The number of thioether (sulfide) groups is 1. The molecule has 0 N–H and O–H groups in total. The van der Waals surface area contributed by atoms with Crippen LogP contribution in [0.3, 0.4) is 0 Å². The SMILES string of the molecule is CCC(=O)c1cccc(N=C(SC(=S)N(C)C)N(C)C)c1.Cl. The van der Waals surface area contributed by atoms with Crippen molar-refractivity contribution in [1.82, 2.24) is 9.80 Å². The van der Waals surface area contributed by atoms with Crippen molar-refractivity contribution in [3.63, 3.8) is 0 Å². The Morgan fingerprint density at radius 1 is 1.23 bits per heavy atom. The van der Waals surface area contributed by atoms with Crippen LogP contribution in [0.1, 0.15) is 23.7 Å². The average molecular weight is 360 g/mol. The van der Waals surface area contributed by atoms with E-state index < -0.39 is 0 Å². The van der Waals surface area contributed by atoms with Crippen LogP contribution in [0.4, 0.5) is 5.69 Å². The van der Waals surface area contributed by atoms with Gasteiger partial charge in [0.1, 0.15) is 4.32 Å². The van der Waals surface area contributed by atoms with Gasteiger partial charge in [-0.25, -0.2) is 4.99 Å². The van der Waals surface area contributed by atoms with Crippen molar-refractivity contribution >= 4 is 57.3 Å². The Balaban J connectivity index is 0.00000441. The van der Waals surface area contributed by atoms with E-state index in [1.165, 1.54) is 11.8 Å². The van der Waals surface area contributed by atoms with Gasteiger partial charge in [0.25, 0.3) is 0 Å². The van der Waals surface area contributed by atoms with Gasteiger partial charge in [0, 0.05) is 40.2 Å². The third kappa shape index (κ3) is 6.34. The van der Waals surface area contributed by atoms with E-state index in [1.807, 2.05) is 69.2 Å². The van der Waals surface area contributed by atoms with Gasteiger partial charge in [-0.2, -0.15) is 0 Å². The van der Waals surface area contributed by atoms with Gasteiger partial charge in [0.15, 0.2) is 11.0 Å². The van der Waals surface area contributed by atoms with E-state index in [2.05, 4.69) is 4.99 Å². The highest BCUT2D eigenvalue weighted by Crippen LogP contribution is 2.20. The van der Waals surface area contributed by atoms with Crippen LogP contribution in [-0.4, -0.2) is 53.3 Å². The molecular formula is C15H22ClN3OS2. The molecule has 0 aliphatic rings. The van der Waals surface area contributed by atoms with Gasteiger partial charge in [-0.15, -0.1) is 12.4 Å². The summed E-state index contributed by atoms with van der Waals surface area (Å²) in [5.74, 6) is 0.120. The Morgan fingerprint density at radius 2 is 1.86 bits per heavy atom. The maximum absolute atomic E-state index is 11.8. The van der Waals surface area contributed by atoms with E-state index in [4.69, 9.17) is 12.2 Å². The fourth-order valence-corrected chi connectivity index (χ4v) is 2.34. The van der Waals surface area contributed by atoms with Crippen LogP contribution >= 0.6 is 36.4 Å². The maximum atomic E-state index is 11.8. The lowest BCUT2D eigenvalue weighted by Crippen LogP contribution is -2.24. The van der Waals surface area contributed by atoms with Crippen LogP contribution in [0, 0.1) is 0 Å². The number of thiocarbonyl (C=S) groups is 1. The summed E-state index contributed by atoms with van der Waals surface area (Å²) in [6.45, 7) is 1.86. The lowest BCUT2D eigenvalue weighted by Gasteiger charge is -2.18. The van der Waals surface area contributed by atoms with E-state index in [9.17, 15) is 4.79 Å². The highest BCUT2D eigenvalue weighted by atomic mass is 35.5. The summed E-state index contributed by atoms with van der Waals surface area (Å²) >= 11 is 6.73. The minimum Gasteiger partial charge on any atom is -0.363 e. The van der Waals surface area contributed by atoms with Gasteiger partial charge < -0.3 is 9.80 Å². The molecule has 0 saturated carbocycles. The number of ketones is 1. The largest absolute Gasteiger partial charge is 0.363 e. The first-order chi connectivity index (χ1) is 9.85. The molecule has 7 heteroatoms. The van der Waals surface area contributed by atoms with Crippen molar-refractivity contribution in [3.05, 3.63) is 29.8 Å². The standard InChI is InChI=1S/C15H21N3OS2.ClH/c1-6-13(19)11-8-7-9-12(10-11)16-14(17(2)3)21-15(20)18(4)5;/h7-10H,6H2,1-5H3;1H. The van der Waals surface area contributed by atoms with Crippen LogP contribution in [0.25, 0.3) is 0 Å². The number of carbonyl (C=O) groups excluding carboxylic acids is 1. The van der Waals surface area contributed by atoms with Crippen molar-refractivity contribution in [3.8, 4) is 0 Å². The summed E-state index contributed by atoms with van der Waals surface area (Å²) in [7, 11) is 7.66. The van der Waals surface area contributed by atoms with Gasteiger partial charge in [0.05, 0.1) is 5.69 Å². The van der Waals surface area contributed by atoms with Gasteiger partial charge in [-0.05, 0) is 23.9 Å². The highest BCUT2D eigenvalue weighted by Gasteiger charge is 2.10. The normalized spacial score (nSPS) is 10.7. The number of halogens is 1. The molecule has 0 atom stereocenters. The number of hydrogen-bond acceptors (Lipinski definition) is 4. The van der Waals surface area contributed by atoms with Crippen molar-refractivity contribution in [2.75, 3.05) is 28.2 Å². The second-order valence-corrected chi connectivity index (χ2v) is 6.48. The molecular weight excluding hydrogens is 338 g/mol. The second-order valence-electron chi connectivity index (χ2n) is 4.88. The third-order valence-electron chi connectivity index (χ3n) is 2.64. The number of hydrogen-bond donors (Lipinski definition) is 0. The topological polar surface area (TPSA) is 35.9 Å². The summed E-state index contributed by atoms with van der Waals surface area (Å²) in [6, 6.07) is 7.37. The maximum Gasteiger partial charge on any atom is 0.170 e. The minimum absolute atomic E-state index is 0. The minimum atomic E-state index is 0. The van der Waals surface area contributed by atoms with Gasteiger partial charge in [-0.3, -0.25) is 4.79 Å². The Morgan fingerprint density at radius 3 is 2.36 bits per heavy atom. The lowest BCUT2D eigenvalue weighted by molar-refractivity contribution is 0.0988. The molecule has 0 unspecified atom stereocenters. The molecule has 0 aliphatic heterocycles. The zero-order valence-corrected chi connectivity index (χ0v) is 15.9. The molecule has 1 rings (SSSR count). The molecule has 0 saturated heterocycles. The molecule has 122 valence electrons. The Kier molecular flexibility index (Phi) is 9.32. The van der Waals surface area contributed by atoms with Gasteiger partial charge in [0.2, 0.25) is 0 Å². The number of nitrogens with zero attached hydrogens (tertiary/aromatic N) is 3. The van der Waals surface area contributed by atoms with Crippen molar-refractivity contribution in [2.45, 2.75) is 13.3 Å². The molecule has 0 heterocycles. The molecule has 0 amide bonds. The summed E-state index contributed by atoms with van der Waals surface area (Å²) in [5, 5.41) is 0.787. The molecule has 1 aromatic carbocycles. The number of carbonyl (C=O) groups is 1. The summed E-state index contributed by atoms with van der Waals surface area (Å²) in [6.07, 6.45) is 0.493. The molecule has 0 spiro atoms. The van der Waals surface area contributed by atoms with Crippen LogP contribution in [0.5, 0.6) is 0 Å². The molecule has 22 heavy (non-hydrogen) atoms. The van der Waals surface area contributed by atoms with E-state index >= 15 is 0 Å². The van der Waals surface area contributed by atoms with E-state index in [1.54, 1.807) is 0 Å². The molecule has 1 aromatic rings. The van der Waals surface area contributed by atoms with Crippen LogP contribution < -0.4 is 0 Å². The molecule has 0 fully saturated rings. The zero-order chi connectivity index (χ0) is 16.0. The van der Waals surface area contributed by atoms with Gasteiger partial charge in [-0.1, -0.05) is 31.3 Å². The Bertz CT molecular complexity index is 559. The predicted molar refractivity (Wildman–Crippen MR) is 103 cm³/mol. The van der Waals surface area contributed by atoms with Crippen molar-refractivity contribution in [1.29, 1.82) is 0 Å². The molecule has 0 aromatic heterocycles. The van der Waals surface area contributed by atoms with Crippen LogP contribution in [0.15, 0.2) is 29.3 Å². The first-order valence-electron chi connectivity index (χ1n) is 6.63. The fraction of sp³-hybridized carbons (Fsp3) is 0.400. The monoisotopic (exact) mass is 359 g/mol. The van der Waals surface area contributed by atoms with Crippen molar-refractivity contribution in [2.24, 2.45) is 4.99 Å². The number of amidine groups is 1. The first kappa shape index (κ1) is 20.9. The van der Waals surface area contributed by atoms with Crippen molar-refractivity contribution < 1.29 is 4.79 Å².